The fourth-order valence-corrected chi connectivity index (χ4v) is 4.23. The minimum Gasteiger partial charge on any atom is -0.351 e. The number of carbonyl (C=O) groups is 2. The summed E-state index contributed by atoms with van der Waals surface area (Å²) < 4.78 is 0. The van der Waals surface area contributed by atoms with Crippen molar-refractivity contribution >= 4 is 23.3 Å². The number of piperidine rings is 1. The van der Waals surface area contributed by atoms with Crippen molar-refractivity contribution in [2.45, 2.75) is 57.5 Å². The number of hydrogen-bond donors (Lipinski definition) is 2. The Kier molecular flexibility index (Phi) is 6.12. The molecule has 132 valence electrons. The molecule has 2 aliphatic rings. The first-order chi connectivity index (χ1) is 11.7. The highest BCUT2D eigenvalue weighted by Gasteiger charge is 2.28. The number of amides is 3. The van der Waals surface area contributed by atoms with Crippen molar-refractivity contribution in [3.8, 4) is 0 Å². The van der Waals surface area contributed by atoms with Crippen LogP contribution in [0.25, 0.3) is 0 Å². The van der Waals surface area contributed by atoms with Gasteiger partial charge in [-0.2, -0.15) is 0 Å². The molecule has 0 radical (unpaired) electrons. The zero-order valence-corrected chi connectivity index (χ0v) is 14.9. The molecule has 2 N–H and O–H groups in total. The maximum Gasteiger partial charge on any atom is 0.317 e. The maximum atomic E-state index is 12.3. The number of rotatable bonds is 4. The summed E-state index contributed by atoms with van der Waals surface area (Å²) in [6.45, 7) is 1.96. The molecule has 0 unspecified atom stereocenters. The topological polar surface area (TPSA) is 61.4 Å². The van der Waals surface area contributed by atoms with Crippen LogP contribution in [0.1, 0.15) is 49.8 Å². The van der Waals surface area contributed by atoms with Crippen LogP contribution < -0.4 is 10.6 Å². The molecule has 1 aromatic heterocycles. The molecular weight excluding hydrogens is 322 g/mol. The SMILES string of the molecule is O=C(NCc1cccs1)C1CCN(C(=O)NC2CCCCC2)CC1. The van der Waals surface area contributed by atoms with Gasteiger partial charge in [-0.1, -0.05) is 25.3 Å². The number of urea groups is 1. The summed E-state index contributed by atoms with van der Waals surface area (Å²) in [5, 5.41) is 8.20. The second-order valence-corrected chi connectivity index (χ2v) is 7.88. The lowest BCUT2D eigenvalue weighted by Crippen LogP contribution is -2.49. The van der Waals surface area contributed by atoms with Crippen LogP contribution in [0.4, 0.5) is 4.79 Å². The highest BCUT2D eigenvalue weighted by molar-refractivity contribution is 7.09. The van der Waals surface area contributed by atoms with Crippen LogP contribution in [0.2, 0.25) is 0 Å². The van der Waals surface area contributed by atoms with Crippen LogP contribution in [0.5, 0.6) is 0 Å². The molecule has 2 heterocycles. The summed E-state index contributed by atoms with van der Waals surface area (Å²) >= 11 is 1.66. The van der Waals surface area contributed by atoms with Crippen molar-refractivity contribution in [3.05, 3.63) is 22.4 Å². The molecule has 1 saturated carbocycles. The largest absolute Gasteiger partial charge is 0.351 e. The van der Waals surface area contributed by atoms with Crippen LogP contribution in [-0.4, -0.2) is 36.0 Å². The van der Waals surface area contributed by atoms with Crippen molar-refractivity contribution in [2.75, 3.05) is 13.1 Å². The predicted octanol–water partition coefficient (Wildman–Crippen LogP) is 3.12. The Morgan fingerprint density at radius 2 is 1.88 bits per heavy atom. The maximum absolute atomic E-state index is 12.3. The molecule has 0 aromatic carbocycles. The summed E-state index contributed by atoms with van der Waals surface area (Å²) in [4.78, 5) is 27.6. The molecule has 3 amide bonds. The first kappa shape index (κ1) is 17.3. The average molecular weight is 350 g/mol. The Morgan fingerprint density at radius 3 is 2.54 bits per heavy atom. The molecule has 0 bridgehead atoms. The highest BCUT2D eigenvalue weighted by atomic mass is 32.1. The fraction of sp³-hybridized carbons (Fsp3) is 0.667. The van der Waals surface area contributed by atoms with E-state index in [-0.39, 0.29) is 17.9 Å². The van der Waals surface area contributed by atoms with Gasteiger partial charge in [-0.15, -0.1) is 11.3 Å². The van der Waals surface area contributed by atoms with Crippen LogP contribution in [0.3, 0.4) is 0 Å². The number of nitrogens with zero attached hydrogens (tertiary/aromatic N) is 1. The quantitative estimate of drug-likeness (QED) is 0.877. The Bertz CT molecular complexity index is 532. The molecule has 24 heavy (non-hydrogen) atoms. The van der Waals surface area contributed by atoms with Gasteiger partial charge in [0.1, 0.15) is 0 Å². The van der Waals surface area contributed by atoms with Crippen molar-refractivity contribution < 1.29 is 9.59 Å². The van der Waals surface area contributed by atoms with Gasteiger partial charge in [0.05, 0.1) is 6.54 Å². The molecule has 3 rings (SSSR count). The molecule has 0 atom stereocenters. The van der Waals surface area contributed by atoms with Crippen LogP contribution in [0.15, 0.2) is 17.5 Å². The number of likely N-dealkylation sites (tertiary alicyclic amines) is 1. The van der Waals surface area contributed by atoms with Gasteiger partial charge >= 0.3 is 6.03 Å². The van der Waals surface area contributed by atoms with E-state index in [9.17, 15) is 9.59 Å². The number of hydrogen-bond acceptors (Lipinski definition) is 3. The van der Waals surface area contributed by atoms with E-state index in [4.69, 9.17) is 0 Å². The Morgan fingerprint density at radius 1 is 1.12 bits per heavy atom. The predicted molar refractivity (Wildman–Crippen MR) is 95.9 cm³/mol. The van der Waals surface area contributed by atoms with E-state index in [0.717, 1.165) is 25.7 Å². The lowest BCUT2D eigenvalue weighted by molar-refractivity contribution is -0.126. The summed E-state index contributed by atoms with van der Waals surface area (Å²) in [6.07, 6.45) is 7.45. The second kappa shape index (κ2) is 8.51. The van der Waals surface area contributed by atoms with Gasteiger partial charge in [-0.3, -0.25) is 4.79 Å². The molecule has 0 spiro atoms. The van der Waals surface area contributed by atoms with Gasteiger partial charge in [0.2, 0.25) is 5.91 Å². The van der Waals surface area contributed by atoms with E-state index in [2.05, 4.69) is 10.6 Å². The summed E-state index contributed by atoms with van der Waals surface area (Å²) in [7, 11) is 0. The smallest absolute Gasteiger partial charge is 0.317 e. The van der Waals surface area contributed by atoms with E-state index in [1.807, 2.05) is 22.4 Å². The second-order valence-electron chi connectivity index (χ2n) is 6.84. The molecule has 1 aliphatic heterocycles. The zero-order chi connectivity index (χ0) is 16.8. The third-order valence-corrected chi connectivity index (χ3v) is 5.98. The van der Waals surface area contributed by atoms with Crippen molar-refractivity contribution in [3.63, 3.8) is 0 Å². The minimum absolute atomic E-state index is 0.0312. The van der Waals surface area contributed by atoms with E-state index < -0.39 is 0 Å². The highest BCUT2D eigenvalue weighted by Crippen LogP contribution is 2.20. The van der Waals surface area contributed by atoms with Crippen LogP contribution in [-0.2, 0) is 11.3 Å². The standard InChI is InChI=1S/C18H27N3O2S/c22-17(19-13-16-7-4-12-24-16)14-8-10-21(11-9-14)18(23)20-15-5-2-1-3-6-15/h4,7,12,14-15H,1-3,5-6,8-11,13H2,(H,19,22)(H,20,23). The fourth-order valence-electron chi connectivity index (χ4n) is 3.59. The number of nitrogens with one attached hydrogen (secondary N) is 2. The third-order valence-electron chi connectivity index (χ3n) is 5.10. The molecular formula is C18H27N3O2S. The molecule has 2 fully saturated rings. The lowest BCUT2D eigenvalue weighted by Gasteiger charge is -2.33. The van der Waals surface area contributed by atoms with E-state index in [1.165, 1.54) is 24.1 Å². The molecule has 1 aliphatic carbocycles. The summed E-state index contributed by atoms with van der Waals surface area (Å²) in [5.41, 5.74) is 0. The van der Waals surface area contributed by atoms with Gasteiger partial charge in [-0.05, 0) is 37.1 Å². The lowest BCUT2D eigenvalue weighted by atomic mass is 9.95. The van der Waals surface area contributed by atoms with E-state index in [0.29, 0.717) is 25.7 Å². The summed E-state index contributed by atoms with van der Waals surface area (Å²) in [5.74, 6) is 0.152. The van der Waals surface area contributed by atoms with Crippen molar-refractivity contribution in [2.24, 2.45) is 5.92 Å². The monoisotopic (exact) mass is 349 g/mol. The van der Waals surface area contributed by atoms with Crippen LogP contribution in [0, 0.1) is 5.92 Å². The van der Waals surface area contributed by atoms with Crippen molar-refractivity contribution in [1.82, 2.24) is 15.5 Å². The first-order valence-electron chi connectivity index (χ1n) is 9.08. The van der Waals surface area contributed by atoms with Gasteiger partial charge < -0.3 is 15.5 Å². The van der Waals surface area contributed by atoms with Gasteiger partial charge in [0, 0.05) is 29.9 Å². The number of carbonyl (C=O) groups excluding carboxylic acids is 2. The minimum atomic E-state index is 0.0312. The van der Waals surface area contributed by atoms with Crippen molar-refractivity contribution in [1.29, 1.82) is 0 Å². The van der Waals surface area contributed by atoms with Gasteiger partial charge in [-0.25, -0.2) is 4.79 Å². The molecule has 1 saturated heterocycles. The van der Waals surface area contributed by atoms with Gasteiger partial charge in [0.25, 0.3) is 0 Å². The normalized spacial score (nSPS) is 19.9. The first-order valence-corrected chi connectivity index (χ1v) is 9.96. The molecule has 6 heteroatoms. The average Bonchev–Trinajstić information content (AvgIpc) is 3.14. The van der Waals surface area contributed by atoms with Crippen LogP contribution >= 0.6 is 11.3 Å². The Balaban J connectivity index is 1.38. The van der Waals surface area contributed by atoms with E-state index in [1.54, 1.807) is 11.3 Å². The van der Waals surface area contributed by atoms with Gasteiger partial charge in [0.15, 0.2) is 0 Å². The molecule has 5 nitrogen and oxygen atoms in total. The third kappa shape index (κ3) is 4.72. The van der Waals surface area contributed by atoms with E-state index >= 15 is 0 Å². The zero-order valence-electron chi connectivity index (χ0n) is 14.1. The Labute approximate surface area is 147 Å². The Hall–Kier alpha value is -1.56. The number of thiophene rings is 1. The summed E-state index contributed by atoms with van der Waals surface area (Å²) in [6, 6.07) is 4.43. The molecule has 1 aromatic rings.